The Labute approximate surface area is 110 Å². The topological polar surface area (TPSA) is 61.3 Å². The fraction of sp³-hybridized carbons (Fsp3) is 0.0667. The lowest BCUT2D eigenvalue weighted by Crippen LogP contribution is -1.93. The summed E-state index contributed by atoms with van der Waals surface area (Å²) in [5.41, 5.74) is 4.33. The maximum atomic E-state index is 8.81. The lowest BCUT2D eigenvalue weighted by molar-refractivity contribution is 0.319. The average Bonchev–Trinajstić information content (AvgIpc) is 2.90. The van der Waals surface area contributed by atoms with E-state index in [1.807, 2.05) is 48.5 Å². The lowest BCUT2D eigenvalue weighted by atomic mass is 10.1. The molecule has 0 bridgehead atoms. The van der Waals surface area contributed by atoms with E-state index in [9.17, 15) is 0 Å². The van der Waals surface area contributed by atoms with Gasteiger partial charge in [-0.15, -0.1) is 0 Å². The van der Waals surface area contributed by atoms with Crippen LogP contribution < -0.4 is 0 Å². The molecule has 0 saturated carbocycles. The van der Waals surface area contributed by atoms with Crippen molar-refractivity contribution in [3.63, 3.8) is 0 Å². The summed E-state index contributed by atoms with van der Waals surface area (Å²) in [4.78, 5) is 7.83. The van der Waals surface area contributed by atoms with E-state index in [0.29, 0.717) is 5.71 Å². The molecule has 0 amide bonds. The Morgan fingerprint density at radius 1 is 1.16 bits per heavy atom. The monoisotopic (exact) mass is 251 g/mol. The van der Waals surface area contributed by atoms with Crippen LogP contribution in [0.3, 0.4) is 0 Å². The second kappa shape index (κ2) is 4.57. The molecular formula is C15H13N3O. The predicted octanol–water partition coefficient (Wildman–Crippen LogP) is 3.43. The molecule has 0 unspecified atom stereocenters. The minimum atomic E-state index is 0.581. The highest BCUT2D eigenvalue weighted by molar-refractivity contribution is 6.00. The first kappa shape index (κ1) is 11.5. The van der Waals surface area contributed by atoms with Gasteiger partial charge in [-0.2, -0.15) is 0 Å². The molecule has 1 heterocycles. The fourth-order valence-corrected chi connectivity index (χ4v) is 2.03. The SMILES string of the molecule is C/C(=N\O)c1ccc2nc(-c3ccccc3)[nH]c2c1. The third-order valence-corrected chi connectivity index (χ3v) is 3.10. The smallest absolute Gasteiger partial charge is 0.138 e. The van der Waals surface area contributed by atoms with Crippen LogP contribution in [0.25, 0.3) is 22.4 Å². The number of fused-ring (bicyclic) bond motifs is 1. The zero-order valence-corrected chi connectivity index (χ0v) is 10.5. The third-order valence-electron chi connectivity index (χ3n) is 3.10. The maximum Gasteiger partial charge on any atom is 0.138 e. The summed E-state index contributed by atoms with van der Waals surface area (Å²) in [5, 5.41) is 12.0. The summed E-state index contributed by atoms with van der Waals surface area (Å²) in [6, 6.07) is 15.7. The van der Waals surface area contributed by atoms with E-state index >= 15 is 0 Å². The molecule has 94 valence electrons. The molecule has 0 atom stereocenters. The second-order valence-electron chi connectivity index (χ2n) is 4.37. The summed E-state index contributed by atoms with van der Waals surface area (Å²) in [5.74, 6) is 0.839. The van der Waals surface area contributed by atoms with Gasteiger partial charge in [-0.05, 0) is 19.1 Å². The quantitative estimate of drug-likeness (QED) is 0.416. The fourth-order valence-electron chi connectivity index (χ4n) is 2.03. The summed E-state index contributed by atoms with van der Waals surface area (Å²) in [7, 11) is 0. The largest absolute Gasteiger partial charge is 0.411 e. The van der Waals surface area contributed by atoms with Crippen LogP contribution in [0.4, 0.5) is 0 Å². The van der Waals surface area contributed by atoms with Gasteiger partial charge in [0.15, 0.2) is 0 Å². The highest BCUT2D eigenvalue weighted by Gasteiger charge is 2.06. The Morgan fingerprint density at radius 3 is 2.68 bits per heavy atom. The lowest BCUT2D eigenvalue weighted by Gasteiger charge is -1.97. The molecule has 19 heavy (non-hydrogen) atoms. The van der Waals surface area contributed by atoms with Crippen molar-refractivity contribution in [1.82, 2.24) is 9.97 Å². The van der Waals surface area contributed by atoms with E-state index in [4.69, 9.17) is 5.21 Å². The molecule has 3 aromatic rings. The molecule has 3 rings (SSSR count). The van der Waals surface area contributed by atoms with Crippen LogP contribution in [0, 0.1) is 0 Å². The number of imidazole rings is 1. The molecule has 0 radical (unpaired) electrons. The van der Waals surface area contributed by atoms with Crippen molar-refractivity contribution in [2.45, 2.75) is 6.92 Å². The summed E-state index contributed by atoms with van der Waals surface area (Å²) < 4.78 is 0. The van der Waals surface area contributed by atoms with Crippen LogP contribution in [0.15, 0.2) is 53.7 Å². The predicted molar refractivity (Wildman–Crippen MR) is 75.5 cm³/mol. The molecule has 2 aromatic carbocycles. The average molecular weight is 251 g/mol. The van der Waals surface area contributed by atoms with Crippen molar-refractivity contribution >= 4 is 16.7 Å². The van der Waals surface area contributed by atoms with E-state index in [1.54, 1.807) is 6.92 Å². The number of nitrogens with one attached hydrogen (secondary N) is 1. The van der Waals surface area contributed by atoms with Crippen LogP contribution in [-0.4, -0.2) is 20.9 Å². The minimum absolute atomic E-state index is 0.581. The first-order valence-corrected chi connectivity index (χ1v) is 6.02. The van der Waals surface area contributed by atoms with Crippen LogP contribution in [-0.2, 0) is 0 Å². The summed E-state index contributed by atoms with van der Waals surface area (Å²) in [6.45, 7) is 1.76. The van der Waals surface area contributed by atoms with Gasteiger partial charge < -0.3 is 10.2 Å². The first-order chi connectivity index (χ1) is 9.28. The highest BCUT2D eigenvalue weighted by Crippen LogP contribution is 2.21. The summed E-state index contributed by atoms with van der Waals surface area (Å²) >= 11 is 0. The van der Waals surface area contributed by atoms with Gasteiger partial charge in [-0.25, -0.2) is 4.98 Å². The molecule has 0 aliphatic rings. The zero-order valence-electron chi connectivity index (χ0n) is 10.5. The van der Waals surface area contributed by atoms with Gasteiger partial charge in [-0.1, -0.05) is 41.6 Å². The molecule has 4 nitrogen and oxygen atoms in total. The second-order valence-corrected chi connectivity index (χ2v) is 4.37. The summed E-state index contributed by atoms with van der Waals surface area (Å²) in [6.07, 6.45) is 0. The Kier molecular flexibility index (Phi) is 2.76. The van der Waals surface area contributed by atoms with Gasteiger partial charge in [-0.3, -0.25) is 0 Å². The van der Waals surface area contributed by atoms with E-state index in [1.165, 1.54) is 0 Å². The molecule has 1 aromatic heterocycles. The van der Waals surface area contributed by atoms with Gasteiger partial charge in [0.05, 0.1) is 16.7 Å². The maximum absolute atomic E-state index is 8.81. The third kappa shape index (κ3) is 2.08. The minimum Gasteiger partial charge on any atom is -0.411 e. The van der Waals surface area contributed by atoms with E-state index < -0.39 is 0 Å². The number of aromatic amines is 1. The Bertz CT molecular complexity index is 744. The number of rotatable bonds is 2. The molecule has 0 fully saturated rings. The number of H-pyrrole nitrogens is 1. The molecule has 0 aliphatic carbocycles. The van der Waals surface area contributed by atoms with Crippen molar-refractivity contribution < 1.29 is 5.21 Å². The molecule has 4 heteroatoms. The Hall–Kier alpha value is -2.62. The van der Waals surface area contributed by atoms with Gasteiger partial charge >= 0.3 is 0 Å². The van der Waals surface area contributed by atoms with Crippen LogP contribution in [0.2, 0.25) is 0 Å². The first-order valence-electron chi connectivity index (χ1n) is 6.02. The Balaban J connectivity index is 2.11. The number of nitrogens with zero attached hydrogens (tertiary/aromatic N) is 2. The van der Waals surface area contributed by atoms with Crippen LogP contribution in [0.5, 0.6) is 0 Å². The normalized spacial score (nSPS) is 11.9. The van der Waals surface area contributed by atoms with Gasteiger partial charge in [0, 0.05) is 11.1 Å². The van der Waals surface area contributed by atoms with Crippen molar-refractivity contribution in [2.24, 2.45) is 5.16 Å². The molecule has 0 aliphatic heterocycles. The molecular weight excluding hydrogens is 238 g/mol. The molecule has 2 N–H and O–H groups in total. The number of benzene rings is 2. The zero-order chi connectivity index (χ0) is 13.2. The van der Waals surface area contributed by atoms with E-state index in [-0.39, 0.29) is 0 Å². The van der Waals surface area contributed by atoms with Crippen molar-refractivity contribution in [3.8, 4) is 11.4 Å². The van der Waals surface area contributed by atoms with Gasteiger partial charge in [0.25, 0.3) is 0 Å². The number of hydrogen-bond acceptors (Lipinski definition) is 3. The van der Waals surface area contributed by atoms with Crippen molar-refractivity contribution in [2.75, 3.05) is 0 Å². The Morgan fingerprint density at radius 2 is 1.95 bits per heavy atom. The number of oxime groups is 1. The van der Waals surface area contributed by atoms with Gasteiger partial charge in [0.2, 0.25) is 0 Å². The standard InChI is InChI=1S/C15H13N3O/c1-10(18-19)12-7-8-13-14(9-12)17-15(16-13)11-5-3-2-4-6-11/h2-9,19H,1H3,(H,16,17)/b18-10+. The van der Waals surface area contributed by atoms with Crippen LogP contribution >= 0.6 is 0 Å². The number of hydrogen-bond donors (Lipinski definition) is 2. The molecule has 0 saturated heterocycles. The number of aromatic nitrogens is 2. The molecule has 0 spiro atoms. The van der Waals surface area contributed by atoms with Crippen molar-refractivity contribution in [1.29, 1.82) is 0 Å². The van der Waals surface area contributed by atoms with Gasteiger partial charge in [0.1, 0.15) is 5.82 Å². The van der Waals surface area contributed by atoms with E-state index in [2.05, 4.69) is 15.1 Å². The highest BCUT2D eigenvalue weighted by atomic mass is 16.4. The van der Waals surface area contributed by atoms with E-state index in [0.717, 1.165) is 28.0 Å². The van der Waals surface area contributed by atoms with Crippen molar-refractivity contribution in [3.05, 3.63) is 54.1 Å². The van der Waals surface area contributed by atoms with Crippen LogP contribution in [0.1, 0.15) is 12.5 Å².